The van der Waals surface area contributed by atoms with Gasteiger partial charge in [-0.1, -0.05) is 13.0 Å². The van der Waals surface area contributed by atoms with Gasteiger partial charge in [0.1, 0.15) is 11.3 Å². The van der Waals surface area contributed by atoms with E-state index in [1.165, 1.54) is 0 Å². The predicted molar refractivity (Wildman–Crippen MR) is 111 cm³/mol. The lowest BCUT2D eigenvalue weighted by atomic mass is 10.1. The van der Waals surface area contributed by atoms with E-state index in [9.17, 15) is 9.59 Å². The number of nitrogens with zero attached hydrogens (tertiary/aromatic N) is 1. The Morgan fingerprint density at radius 3 is 2.52 bits per heavy atom. The first kappa shape index (κ1) is 22.6. The van der Waals surface area contributed by atoms with Crippen molar-refractivity contribution in [3.8, 4) is 0 Å². The normalized spacial score (nSPS) is 11.3. The molecule has 0 radical (unpaired) electrons. The zero-order valence-electron chi connectivity index (χ0n) is 17.9. The lowest BCUT2D eigenvalue weighted by molar-refractivity contribution is 0.00622. The summed E-state index contributed by atoms with van der Waals surface area (Å²) in [5.74, 6) is -0.906. The van der Waals surface area contributed by atoms with Crippen LogP contribution in [0.2, 0.25) is 0 Å². The van der Waals surface area contributed by atoms with Crippen LogP contribution >= 0.6 is 0 Å². The summed E-state index contributed by atoms with van der Waals surface area (Å²) in [6.07, 6.45) is 3.03. The molecule has 7 nitrogen and oxygen atoms in total. The number of carbonyl (C=O) groups is 2. The molecular weight excluding hydrogens is 370 g/mol. The summed E-state index contributed by atoms with van der Waals surface area (Å²) in [6, 6.07) is 5.80. The summed E-state index contributed by atoms with van der Waals surface area (Å²) in [5, 5.41) is 3.31. The van der Waals surface area contributed by atoms with Crippen LogP contribution in [0.4, 0.5) is 0 Å². The minimum Gasteiger partial charge on any atom is -0.462 e. The molecule has 29 heavy (non-hydrogen) atoms. The number of hydrogen-bond acceptors (Lipinski definition) is 6. The highest BCUT2D eigenvalue weighted by molar-refractivity contribution is 5.98. The molecule has 2 aromatic heterocycles. The SMILES string of the molecule is CCOC(=O)c1c(CNCCc2ccccn2)[nH]c(C(=O)OC(C)(C)C)c1CC. The predicted octanol–water partition coefficient (Wildman–Crippen LogP) is 3.44. The monoisotopic (exact) mass is 401 g/mol. The molecule has 0 aliphatic rings. The zero-order valence-corrected chi connectivity index (χ0v) is 17.9. The number of H-pyrrole nitrogens is 1. The summed E-state index contributed by atoms with van der Waals surface area (Å²) >= 11 is 0. The third-order valence-corrected chi connectivity index (χ3v) is 4.20. The number of ether oxygens (including phenoxy) is 2. The standard InChI is InChI=1S/C22H31N3O4/c1-6-16-18(20(26)28-7-2)17(25-19(16)21(27)29-22(3,4)5)14-23-13-11-15-10-8-9-12-24-15/h8-10,12,23,25H,6-7,11,13-14H2,1-5H3. The second-order valence-electron chi connectivity index (χ2n) is 7.66. The first-order valence-electron chi connectivity index (χ1n) is 10.0. The molecule has 0 atom stereocenters. The van der Waals surface area contributed by atoms with Gasteiger partial charge >= 0.3 is 11.9 Å². The van der Waals surface area contributed by atoms with Gasteiger partial charge in [0, 0.05) is 37.1 Å². The number of pyridine rings is 1. The van der Waals surface area contributed by atoms with Crippen molar-refractivity contribution in [3.63, 3.8) is 0 Å². The molecule has 0 fully saturated rings. The van der Waals surface area contributed by atoms with E-state index in [2.05, 4.69) is 15.3 Å². The number of nitrogens with one attached hydrogen (secondary N) is 2. The van der Waals surface area contributed by atoms with Crippen molar-refractivity contribution in [1.29, 1.82) is 0 Å². The highest BCUT2D eigenvalue weighted by Gasteiger charge is 2.28. The number of aromatic nitrogens is 2. The molecule has 0 spiro atoms. The molecule has 0 amide bonds. The third kappa shape index (κ3) is 6.42. The van der Waals surface area contributed by atoms with Gasteiger partial charge in [-0.2, -0.15) is 0 Å². The van der Waals surface area contributed by atoms with Crippen LogP contribution in [0.15, 0.2) is 24.4 Å². The summed E-state index contributed by atoms with van der Waals surface area (Å²) < 4.78 is 10.7. The molecule has 158 valence electrons. The minimum atomic E-state index is -0.627. The summed E-state index contributed by atoms with van der Waals surface area (Å²) in [6.45, 7) is 10.4. The van der Waals surface area contributed by atoms with Gasteiger partial charge in [-0.25, -0.2) is 9.59 Å². The lowest BCUT2D eigenvalue weighted by Gasteiger charge is -2.19. The Hall–Kier alpha value is -2.67. The van der Waals surface area contributed by atoms with Gasteiger partial charge in [-0.15, -0.1) is 0 Å². The van der Waals surface area contributed by atoms with Crippen LogP contribution in [0.3, 0.4) is 0 Å². The molecule has 7 heteroatoms. The number of rotatable bonds is 9. The maximum Gasteiger partial charge on any atom is 0.355 e. The Balaban J connectivity index is 2.21. The first-order chi connectivity index (χ1) is 13.8. The molecule has 0 aromatic carbocycles. The maximum absolute atomic E-state index is 12.7. The molecule has 2 heterocycles. The van der Waals surface area contributed by atoms with Crippen molar-refractivity contribution in [1.82, 2.24) is 15.3 Å². The number of esters is 2. The third-order valence-electron chi connectivity index (χ3n) is 4.20. The van der Waals surface area contributed by atoms with Gasteiger partial charge in [0.05, 0.1) is 12.2 Å². The van der Waals surface area contributed by atoms with Crippen molar-refractivity contribution < 1.29 is 19.1 Å². The summed E-state index contributed by atoms with van der Waals surface area (Å²) in [7, 11) is 0. The Kier molecular flexibility index (Phi) is 7.96. The van der Waals surface area contributed by atoms with E-state index in [-0.39, 0.29) is 6.61 Å². The molecule has 0 bridgehead atoms. The van der Waals surface area contributed by atoms with Crippen molar-refractivity contribution in [2.24, 2.45) is 0 Å². The van der Waals surface area contributed by atoms with E-state index in [0.29, 0.717) is 42.0 Å². The van der Waals surface area contributed by atoms with Crippen LogP contribution in [-0.2, 0) is 28.9 Å². The van der Waals surface area contributed by atoms with Crippen LogP contribution in [0.5, 0.6) is 0 Å². The van der Waals surface area contributed by atoms with Gasteiger partial charge in [0.15, 0.2) is 0 Å². The van der Waals surface area contributed by atoms with Crippen LogP contribution < -0.4 is 5.32 Å². The van der Waals surface area contributed by atoms with Crippen molar-refractivity contribution >= 4 is 11.9 Å². The largest absolute Gasteiger partial charge is 0.462 e. The highest BCUT2D eigenvalue weighted by atomic mass is 16.6. The molecule has 0 saturated heterocycles. The zero-order chi connectivity index (χ0) is 21.4. The quantitative estimate of drug-likeness (QED) is 0.494. The molecule has 2 aromatic rings. The molecule has 0 aliphatic heterocycles. The van der Waals surface area contributed by atoms with E-state index in [1.807, 2.05) is 45.9 Å². The smallest absolute Gasteiger partial charge is 0.355 e. The fraction of sp³-hybridized carbons (Fsp3) is 0.500. The maximum atomic E-state index is 12.7. The second kappa shape index (κ2) is 10.2. The van der Waals surface area contributed by atoms with Gasteiger partial charge in [-0.05, 0) is 51.8 Å². The van der Waals surface area contributed by atoms with Gasteiger partial charge in [0.2, 0.25) is 0 Å². The fourth-order valence-electron chi connectivity index (χ4n) is 3.01. The summed E-state index contributed by atoms with van der Waals surface area (Å²) in [5.41, 5.74) is 2.34. The fourth-order valence-corrected chi connectivity index (χ4v) is 3.01. The second-order valence-corrected chi connectivity index (χ2v) is 7.66. The molecule has 2 rings (SSSR count). The molecular formula is C22H31N3O4. The molecule has 0 aliphatic carbocycles. The highest BCUT2D eigenvalue weighted by Crippen LogP contribution is 2.24. The lowest BCUT2D eigenvalue weighted by Crippen LogP contribution is -2.24. The van der Waals surface area contributed by atoms with Gasteiger partial charge in [-0.3, -0.25) is 4.98 Å². The van der Waals surface area contributed by atoms with Crippen molar-refractivity contribution in [3.05, 3.63) is 52.6 Å². The van der Waals surface area contributed by atoms with E-state index in [4.69, 9.17) is 9.47 Å². The van der Waals surface area contributed by atoms with Crippen LogP contribution in [0.1, 0.15) is 72.4 Å². The first-order valence-corrected chi connectivity index (χ1v) is 10.0. The summed E-state index contributed by atoms with van der Waals surface area (Å²) in [4.78, 5) is 32.7. The Morgan fingerprint density at radius 1 is 1.17 bits per heavy atom. The minimum absolute atomic E-state index is 0.265. The topological polar surface area (TPSA) is 93.3 Å². The van der Waals surface area contributed by atoms with Crippen LogP contribution in [0.25, 0.3) is 0 Å². The van der Waals surface area contributed by atoms with Gasteiger partial charge in [0.25, 0.3) is 0 Å². The van der Waals surface area contributed by atoms with Crippen LogP contribution in [-0.4, -0.2) is 40.7 Å². The van der Waals surface area contributed by atoms with Gasteiger partial charge < -0.3 is 19.8 Å². The Bertz CT molecular complexity index is 823. The van der Waals surface area contributed by atoms with Crippen LogP contribution in [0, 0.1) is 0 Å². The van der Waals surface area contributed by atoms with Crippen molar-refractivity contribution in [2.45, 2.75) is 59.6 Å². The van der Waals surface area contributed by atoms with E-state index >= 15 is 0 Å². The van der Waals surface area contributed by atoms with Crippen molar-refractivity contribution in [2.75, 3.05) is 13.2 Å². The number of carbonyl (C=O) groups excluding carboxylic acids is 2. The molecule has 0 saturated carbocycles. The number of aromatic amines is 1. The molecule has 0 unspecified atom stereocenters. The Labute approximate surface area is 172 Å². The average Bonchev–Trinajstić information content (AvgIpc) is 3.04. The molecule has 2 N–H and O–H groups in total. The van der Waals surface area contributed by atoms with E-state index in [1.54, 1.807) is 13.1 Å². The van der Waals surface area contributed by atoms with E-state index in [0.717, 1.165) is 12.1 Å². The average molecular weight is 402 g/mol. The Morgan fingerprint density at radius 2 is 1.93 bits per heavy atom. The number of hydrogen-bond donors (Lipinski definition) is 2. The van der Waals surface area contributed by atoms with E-state index < -0.39 is 17.5 Å².